The maximum absolute atomic E-state index is 12.3. The average molecular weight is 473 g/mol. The molecule has 2 rings (SSSR count). The predicted molar refractivity (Wildman–Crippen MR) is 113 cm³/mol. The van der Waals surface area contributed by atoms with Gasteiger partial charge in [0.2, 0.25) is 5.91 Å². The van der Waals surface area contributed by atoms with E-state index in [4.69, 9.17) is 27.9 Å². The molecule has 0 radical (unpaired) electrons. The fourth-order valence-corrected chi connectivity index (χ4v) is 3.84. The van der Waals surface area contributed by atoms with Crippen LogP contribution in [0, 0.1) is 0 Å². The smallest absolute Gasteiger partial charge is 0.307 e. The first-order valence-electron chi connectivity index (χ1n) is 8.58. The van der Waals surface area contributed by atoms with Gasteiger partial charge in [-0.2, -0.15) is 0 Å². The highest BCUT2D eigenvalue weighted by Gasteiger charge is 2.18. The molecule has 0 unspecified atom stereocenters. The number of carbonyl (C=O) groups is 3. The summed E-state index contributed by atoms with van der Waals surface area (Å²) in [5.74, 6) is -2.27. The Morgan fingerprint density at radius 1 is 1.00 bits per heavy atom. The van der Waals surface area contributed by atoms with Crippen LogP contribution < -0.4 is 10.6 Å². The van der Waals surface area contributed by atoms with E-state index in [1.807, 2.05) is 0 Å². The first-order valence-corrected chi connectivity index (χ1v) is 11.0. The van der Waals surface area contributed by atoms with Gasteiger partial charge in [-0.25, -0.2) is 8.42 Å². The molecule has 30 heavy (non-hydrogen) atoms. The van der Waals surface area contributed by atoms with Gasteiger partial charge in [0.15, 0.2) is 16.4 Å². The van der Waals surface area contributed by atoms with E-state index >= 15 is 0 Å². The van der Waals surface area contributed by atoms with Gasteiger partial charge in [0, 0.05) is 17.6 Å². The number of carbonyl (C=O) groups excluding carboxylic acids is 3. The number of halogens is 2. The molecule has 0 aliphatic carbocycles. The number of nitrogens with one attached hydrogen (secondary N) is 2. The molecule has 2 amide bonds. The summed E-state index contributed by atoms with van der Waals surface area (Å²) in [5.41, 5.74) is 0.710. The zero-order valence-corrected chi connectivity index (χ0v) is 18.1. The molecule has 2 aromatic carbocycles. The van der Waals surface area contributed by atoms with Crippen molar-refractivity contribution in [2.24, 2.45) is 0 Å². The van der Waals surface area contributed by atoms with E-state index in [0.29, 0.717) is 10.7 Å². The van der Waals surface area contributed by atoms with Gasteiger partial charge in [-0.05, 0) is 42.5 Å². The highest BCUT2D eigenvalue weighted by molar-refractivity contribution is 7.91. The Morgan fingerprint density at radius 2 is 1.67 bits per heavy atom. The minimum absolute atomic E-state index is 0.00209. The fourth-order valence-electron chi connectivity index (χ4n) is 2.28. The molecule has 0 heterocycles. The lowest BCUT2D eigenvalue weighted by Gasteiger charge is -2.09. The predicted octanol–water partition coefficient (Wildman–Crippen LogP) is 3.30. The second-order valence-electron chi connectivity index (χ2n) is 6.11. The maximum Gasteiger partial charge on any atom is 0.307 e. The third-order valence-corrected chi connectivity index (χ3v) is 5.97. The number of benzene rings is 2. The Bertz CT molecular complexity index is 1060. The molecule has 0 aromatic heterocycles. The van der Waals surface area contributed by atoms with Gasteiger partial charge < -0.3 is 15.4 Å². The highest BCUT2D eigenvalue weighted by Crippen LogP contribution is 2.25. The number of hydrogen-bond acceptors (Lipinski definition) is 6. The molecule has 160 valence electrons. The van der Waals surface area contributed by atoms with E-state index < -0.39 is 40.5 Å². The molecule has 11 heteroatoms. The number of sulfone groups is 1. The SMILES string of the molecule is CC(=O)Nc1ccc(S(=O)(=O)CCC(=O)OCC(=O)Nc2cc(Cl)ccc2Cl)cc1. The lowest BCUT2D eigenvalue weighted by molar-refractivity contribution is -0.146. The summed E-state index contributed by atoms with van der Waals surface area (Å²) in [6.45, 7) is 0.729. The normalized spacial score (nSPS) is 10.9. The van der Waals surface area contributed by atoms with Gasteiger partial charge in [0.25, 0.3) is 5.91 Å². The number of ether oxygens (including phenoxy) is 1. The molecule has 2 aromatic rings. The molecular formula is C19H18Cl2N2O6S. The molecule has 0 aliphatic rings. The van der Waals surface area contributed by atoms with Gasteiger partial charge in [-0.15, -0.1) is 0 Å². The van der Waals surface area contributed by atoms with Crippen molar-refractivity contribution in [3.63, 3.8) is 0 Å². The Hall–Kier alpha value is -2.62. The topological polar surface area (TPSA) is 119 Å². The van der Waals surface area contributed by atoms with Gasteiger partial charge in [0.1, 0.15) is 0 Å². The first-order chi connectivity index (χ1) is 14.1. The molecule has 0 atom stereocenters. The Morgan fingerprint density at radius 3 is 2.30 bits per heavy atom. The van der Waals surface area contributed by atoms with Crippen molar-refractivity contribution >= 4 is 62.2 Å². The van der Waals surface area contributed by atoms with Gasteiger partial charge >= 0.3 is 5.97 Å². The van der Waals surface area contributed by atoms with Crippen LogP contribution in [-0.4, -0.2) is 38.6 Å². The van der Waals surface area contributed by atoms with Gasteiger partial charge in [-0.3, -0.25) is 14.4 Å². The summed E-state index contributed by atoms with van der Waals surface area (Å²) < 4.78 is 29.4. The molecule has 0 saturated heterocycles. The summed E-state index contributed by atoms with van der Waals surface area (Å²) in [6.07, 6.45) is -0.430. The Balaban J connectivity index is 1.83. The summed E-state index contributed by atoms with van der Waals surface area (Å²) >= 11 is 11.7. The number of esters is 1. The van der Waals surface area contributed by atoms with Crippen molar-refractivity contribution in [1.29, 1.82) is 0 Å². The van der Waals surface area contributed by atoms with Crippen molar-refractivity contribution in [3.05, 3.63) is 52.5 Å². The molecular weight excluding hydrogens is 455 g/mol. The molecule has 8 nitrogen and oxygen atoms in total. The van der Waals surface area contributed by atoms with E-state index in [1.165, 1.54) is 43.3 Å². The van der Waals surface area contributed by atoms with Crippen LogP contribution >= 0.6 is 23.2 Å². The lowest BCUT2D eigenvalue weighted by atomic mass is 10.3. The van der Waals surface area contributed by atoms with Crippen LogP contribution in [0.15, 0.2) is 47.4 Å². The number of anilines is 2. The molecule has 0 bridgehead atoms. The third kappa shape index (κ3) is 7.33. The quantitative estimate of drug-likeness (QED) is 0.568. The van der Waals surface area contributed by atoms with Crippen LogP contribution in [0.25, 0.3) is 0 Å². The summed E-state index contributed by atoms with van der Waals surface area (Å²) in [6, 6.07) is 10.0. The number of amides is 2. The number of rotatable bonds is 8. The monoisotopic (exact) mass is 472 g/mol. The minimum Gasteiger partial charge on any atom is -0.456 e. The average Bonchev–Trinajstić information content (AvgIpc) is 2.67. The Kier molecular flexibility index (Phi) is 8.22. The van der Waals surface area contributed by atoms with Crippen molar-refractivity contribution in [3.8, 4) is 0 Å². The van der Waals surface area contributed by atoms with E-state index in [9.17, 15) is 22.8 Å². The van der Waals surface area contributed by atoms with Crippen molar-refractivity contribution in [2.75, 3.05) is 23.0 Å². The van der Waals surface area contributed by atoms with Crippen LogP contribution in [0.4, 0.5) is 11.4 Å². The zero-order valence-electron chi connectivity index (χ0n) is 15.8. The van der Waals surface area contributed by atoms with Gasteiger partial charge in [0.05, 0.1) is 27.8 Å². The van der Waals surface area contributed by atoms with E-state index in [-0.39, 0.29) is 21.5 Å². The minimum atomic E-state index is -3.74. The molecule has 0 saturated carbocycles. The molecule has 0 fully saturated rings. The van der Waals surface area contributed by atoms with Crippen LogP contribution in [-0.2, 0) is 29.0 Å². The zero-order chi connectivity index (χ0) is 22.3. The van der Waals surface area contributed by atoms with Crippen molar-refractivity contribution < 1.29 is 27.5 Å². The summed E-state index contributed by atoms with van der Waals surface area (Å²) in [7, 11) is -3.74. The first kappa shape index (κ1) is 23.7. The molecule has 0 spiro atoms. The van der Waals surface area contributed by atoms with Crippen LogP contribution in [0.3, 0.4) is 0 Å². The van der Waals surface area contributed by atoms with Crippen molar-refractivity contribution in [2.45, 2.75) is 18.2 Å². The van der Waals surface area contributed by atoms with Gasteiger partial charge in [-0.1, -0.05) is 23.2 Å². The second-order valence-corrected chi connectivity index (χ2v) is 9.06. The van der Waals surface area contributed by atoms with Crippen LogP contribution in [0.2, 0.25) is 10.0 Å². The Labute approximate surface area is 183 Å². The van der Waals surface area contributed by atoms with Crippen LogP contribution in [0.5, 0.6) is 0 Å². The van der Waals surface area contributed by atoms with Crippen LogP contribution in [0.1, 0.15) is 13.3 Å². The number of hydrogen-bond donors (Lipinski definition) is 2. The molecule has 0 aliphatic heterocycles. The highest BCUT2D eigenvalue weighted by atomic mass is 35.5. The summed E-state index contributed by atoms with van der Waals surface area (Å²) in [5, 5.41) is 5.59. The van der Waals surface area contributed by atoms with E-state index in [0.717, 1.165) is 0 Å². The maximum atomic E-state index is 12.3. The lowest BCUT2D eigenvalue weighted by Crippen LogP contribution is -2.22. The third-order valence-electron chi connectivity index (χ3n) is 3.68. The van der Waals surface area contributed by atoms with Crippen molar-refractivity contribution in [1.82, 2.24) is 0 Å². The van der Waals surface area contributed by atoms with E-state index in [2.05, 4.69) is 10.6 Å². The summed E-state index contributed by atoms with van der Waals surface area (Å²) in [4.78, 5) is 34.7. The fraction of sp³-hybridized carbons (Fsp3) is 0.211. The second kappa shape index (κ2) is 10.4. The molecule has 2 N–H and O–H groups in total. The van der Waals surface area contributed by atoms with E-state index in [1.54, 1.807) is 6.07 Å². The standard InChI is InChI=1S/C19H18Cl2N2O6S/c1-12(24)22-14-3-5-15(6-4-14)30(27,28)9-8-19(26)29-11-18(25)23-17-10-13(20)2-7-16(17)21/h2-7,10H,8-9,11H2,1H3,(H,22,24)(H,23,25). The largest absolute Gasteiger partial charge is 0.456 e.